The molecule has 170 valence electrons. The number of nitrogens with one attached hydrogen (secondary N) is 2. The van der Waals surface area contributed by atoms with Gasteiger partial charge in [0.25, 0.3) is 15.9 Å². The van der Waals surface area contributed by atoms with Crippen LogP contribution in [0.1, 0.15) is 31.8 Å². The van der Waals surface area contributed by atoms with Crippen LogP contribution in [0.15, 0.2) is 114 Å². The Labute approximate surface area is 198 Å². The van der Waals surface area contributed by atoms with E-state index in [1.165, 1.54) is 12.1 Å². The zero-order chi connectivity index (χ0) is 24.0. The van der Waals surface area contributed by atoms with Gasteiger partial charge >= 0.3 is 0 Å². The molecule has 0 spiro atoms. The molecule has 0 saturated heterocycles. The summed E-state index contributed by atoms with van der Waals surface area (Å²) in [5.41, 5.74) is 1.98. The lowest BCUT2D eigenvalue weighted by Gasteiger charge is -2.14. The van der Waals surface area contributed by atoms with Gasteiger partial charge in [0.15, 0.2) is 5.78 Å². The molecule has 7 heteroatoms. The summed E-state index contributed by atoms with van der Waals surface area (Å²) in [7, 11) is -3.78. The molecule has 0 radical (unpaired) electrons. The molecule has 4 aromatic carbocycles. The summed E-state index contributed by atoms with van der Waals surface area (Å²) in [5, 5.41) is 2.80. The van der Waals surface area contributed by atoms with Crippen LogP contribution in [0, 0.1) is 0 Å². The largest absolute Gasteiger partial charge is 0.348 e. The fourth-order valence-electron chi connectivity index (χ4n) is 3.47. The van der Waals surface area contributed by atoms with Crippen LogP contribution in [-0.4, -0.2) is 20.1 Å². The highest BCUT2D eigenvalue weighted by Gasteiger charge is 2.19. The maximum Gasteiger partial charge on any atom is 0.261 e. The molecule has 4 aromatic rings. The van der Waals surface area contributed by atoms with Gasteiger partial charge in [0, 0.05) is 17.7 Å². The predicted octanol–water partition coefficient (Wildman–Crippen LogP) is 4.65. The monoisotopic (exact) mass is 470 g/mol. The number of benzene rings is 4. The minimum atomic E-state index is -3.78. The summed E-state index contributed by atoms with van der Waals surface area (Å²) in [5.74, 6) is -0.678. The average molecular weight is 471 g/mol. The quantitative estimate of drug-likeness (QED) is 0.367. The molecule has 6 nitrogen and oxygen atoms in total. The first-order chi connectivity index (χ1) is 16.5. The van der Waals surface area contributed by atoms with Crippen LogP contribution in [0.5, 0.6) is 0 Å². The number of hydrogen-bond acceptors (Lipinski definition) is 4. The van der Waals surface area contributed by atoms with Crippen molar-refractivity contribution in [1.82, 2.24) is 5.32 Å². The summed E-state index contributed by atoms with van der Waals surface area (Å²) >= 11 is 0. The highest BCUT2D eigenvalue weighted by molar-refractivity contribution is 7.92. The van der Waals surface area contributed by atoms with Gasteiger partial charge < -0.3 is 5.32 Å². The zero-order valence-corrected chi connectivity index (χ0v) is 19.0. The first kappa shape index (κ1) is 22.9. The van der Waals surface area contributed by atoms with E-state index >= 15 is 0 Å². The number of amides is 1. The molecule has 0 aliphatic rings. The molecule has 34 heavy (non-hydrogen) atoms. The van der Waals surface area contributed by atoms with Crippen LogP contribution < -0.4 is 10.0 Å². The van der Waals surface area contributed by atoms with Gasteiger partial charge in [-0.25, -0.2) is 8.42 Å². The van der Waals surface area contributed by atoms with Crippen LogP contribution in [-0.2, 0) is 16.6 Å². The van der Waals surface area contributed by atoms with Gasteiger partial charge in [0.2, 0.25) is 0 Å². The Morgan fingerprint density at radius 2 is 1.21 bits per heavy atom. The van der Waals surface area contributed by atoms with E-state index in [2.05, 4.69) is 10.0 Å². The Hall–Kier alpha value is -4.23. The lowest BCUT2D eigenvalue weighted by atomic mass is 9.98. The Morgan fingerprint density at radius 1 is 0.647 bits per heavy atom. The van der Waals surface area contributed by atoms with Crippen LogP contribution in [0.2, 0.25) is 0 Å². The first-order valence-electron chi connectivity index (χ1n) is 10.6. The minimum absolute atomic E-state index is 0.0696. The Balaban J connectivity index is 1.53. The molecule has 4 rings (SSSR count). The van der Waals surface area contributed by atoms with E-state index in [4.69, 9.17) is 0 Å². The number of rotatable bonds is 8. The molecule has 0 atom stereocenters. The van der Waals surface area contributed by atoms with Crippen molar-refractivity contribution in [2.75, 3.05) is 4.72 Å². The first-order valence-corrected chi connectivity index (χ1v) is 12.1. The van der Waals surface area contributed by atoms with E-state index in [0.29, 0.717) is 22.4 Å². The fourth-order valence-corrected chi connectivity index (χ4v) is 4.59. The topological polar surface area (TPSA) is 92.3 Å². The van der Waals surface area contributed by atoms with E-state index in [1.807, 2.05) is 6.07 Å². The van der Waals surface area contributed by atoms with Crippen molar-refractivity contribution in [1.29, 1.82) is 0 Å². The average Bonchev–Trinajstić information content (AvgIpc) is 2.88. The number of ketones is 1. The predicted molar refractivity (Wildman–Crippen MR) is 131 cm³/mol. The normalized spacial score (nSPS) is 10.9. The van der Waals surface area contributed by atoms with Gasteiger partial charge in [-0.3, -0.25) is 14.3 Å². The molecule has 0 heterocycles. The van der Waals surface area contributed by atoms with Gasteiger partial charge in [-0.2, -0.15) is 0 Å². The molecule has 0 aliphatic carbocycles. The molecular weight excluding hydrogens is 448 g/mol. The number of carbonyl (C=O) groups is 2. The number of sulfonamides is 1. The van der Waals surface area contributed by atoms with Crippen molar-refractivity contribution in [2.45, 2.75) is 11.4 Å². The van der Waals surface area contributed by atoms with Crippen molar-refractivity contribution in [3.8, 4) is 0 Å². The van der Waals surface area contributed by atoms with Gasteiger partial charge in [0.1, 0.15) is 0 Å². The van der Waals surface area contributed by atoms with Crippen LogP contribution in [0.3, 0.4) is 0 Å². The summed E-state index contributed by atoms with van der Waals surface area (Å²) in [6, 6.07) is 30.2. The van der Waals surface area contributed by atoms with Crippen molar-refractivity contribution in [2.24, 2.45) is 0 Å². The SMILES string of the molecule is O=C(NCc1ccccc1NS(=O)(=O)c1ccccc1)c1ccccc1C(=O)c1ccccc1. The van der Waals surface area contributed by atoms with E-state index < -0.39 is 15.9 Å². The molecule has 1 amide bonds. The molecule has 2 N–H and O–H groups in total. The molecule has 0 aliphatic heterocycles. The van der Waals surface area contributed by atoms with E-state index in [1.54, 1.807) is 91.0 Å². The van der Waals surface area contributed by atoms with Gasteiger partial charge in [-0.15, -0.1) is 0 Å². The Morgan fingerprint density at radius 3 is 1.91 bits per heavy atom. The smallest absolute Gasteiger partial charge is 0.261 e. The standard InChI is InChI=1S/C27H22N2O4S/c30-26(20-11-3-1-4-12-20)23-16-8-9-17-24(23)27(31)28-19-21-13-7-10-18-25(21)29-34(32,33)22-14-5-2-6-15-22/h1-18,29H,19H2,(H,28,31). The van der Waals surface area contributed by atoms with E-state index in [0.717, 1.165) is 0 Å². The molecule has 0 unspecified atom stereocenters. The molecule has 0 fully saturated rings. The Kier molecular flexibility index (Phi) is 6.85. The third kappa shape index (κ3) is 5.22. The van der Waals surface area contributed by atoms with Crippen molar-refractivity contribution in [3.05, 3.63) is 131 Å². The van der Waals surface area contributed by atoms with Crippen molar-refractivity contribution in [3.63, 3.8) is 0 Å². The highest BCUT2D eigenvalue weighted by Crippen LogP contribution is 2.21. The second-order valence-electron chi connectivity index (χ2n) is 7.50. The van der Waals surface area contributed by atoms with Gasteiger partial charge in [-0.05, 0) is 29.8 Å². The van der Waals surface area contributed by atoms with Gasteiger partial charge in [-0.1, -0.05) is 84.9 Å². The molecular formula is C27H22N2O4S. The van der Waals surface area contributed by atoms with Crippen molar-refractivity contribution >= 4 is 27.4 Å². The number of anilines is 1. The number of para-hydroxylation sites is 1. The van der Waals surface area contributed by atoms with Gasteiger partial charge in [0.05, 0.1) is 16.1 Å². The summed E-state index contributed by atoms with van der Waals surface area (Å²) in [4.78, 5) is 26.1. The lowest BCUT2D eigenvalue weighted by Crippen LogP contribution is -2.26. The van der Waals surface area contributed by atoms with Crippen molar-refractivity contribution < 1.29 is 18.0 Å². The second kappa shape index (κ2) is 10.1. The van der Waals surface area contributed by atoms with E-state index in [9.17, 15) is 18.0 Å². The molecule has 0 aromatic heterocycles. The molecule has 0 bridgehead atoms. The van der Waals surface area contributed by atoms with Crippen LogP contribution >= 0.6 is 0 Å². The van der Waals surface area contributed by atoms with Crippen LogP contribution in [0.4, 0.5) is 5.69 Å². The lowest BCUT2D eigenvalue weighted by molar-refractivity contribution is 0.0940. The highest BCUT2D eigenvalue weighted by atomic mass is 32.2. The number of carbonyl (C=O) groups excluding carboxylic acids is 2. The Bertz CT molecular complexity index is 1420. The van der Waals surface area contributed by atoms with E-state index in [-0.39, 0.29) is 22.8 Å². The second-order valence-corrected chi connectivity index (χ2v) is 9.18. The fraction of sp³-hybridized carbons (Fsp3) is 0.0370. The summed E-state index contributed by atoms with van der Waals surface area (Å²) in [6.45, 7) is 0.0696. The third-order valence-electron chi connectivity index (χ3n) is 5.21. The minimum Gasteiger partial charge on any atom is -0.348 e. The maximum atomic E-state index is 13.0. The zero-order valence-electron chi connectivity index (χ0n) is 18.1. The van der Waals surface area contributed by atoms with Crippen LogP contribution in [0.25, 0.3) is 0 Å². The summed E-state index contributed by atoms with van der Waals surface area (Å²) in [6.07, 6.45) is 0. The molecule has 0 saturated carbocycles. The number of hydrogen-bond donors (Lipinski definition) is 2. The maximum absolute atomic E-state index is 13.0. The third-order valence-corrected chi connectivity index (χ3v) is 6.59. The summed E-state index contributed by atoms with van der Waals surface area (Å²) < 4.78 is 28.0.